The number of amides is 1. The molecule has 2 heterocycles. The minimum atomic E-state index is -0.331. The van der Waals surface area contributed by atoms with Crippen molar-refractivity contribution in [2.75, 3.05) is 19.0 Å². The van der Waals surface area contributed by atoms with Crippen LogP contribution in [0.25, 0.3) is 0 Å². The summed E-state index contributed by atoms with van der Waals surface area (Å²) in [5, 5.41) is 9.40. The second kappa shape index (κ2) is 9.75. The quantitative estimate of drug-likeness (QED) is 0.494. The largest absolute Gasteiger partial charge is 0.493 e. The molecule has 2 N–H and O–H groups in total. The van der Waals surface area contributed by atoms with E-state index in [1.165, 1.54) is 5.56 Å². The number of primary amides is 1. The molecule has 0 spiro atoms. The number of nitrogens with zero attached hydrogens (tertiary/aromatic N) is 3. The Morgan fingerprint density at radius 1 is 1.37 bits per heavy atom. The summed E-state index contributed by atoms with van der Waals surface area (Å²) < 4.78 is 13.6. The Kier molecular flexibility index (Phi) is 7.11. The molecule has 1 unspecified atom stereocenters. The molecule has 0 bridgehead atoms. The van der Waals surface area contributed by atoms with E-state index in [-0.39, 0.29) is 18.4 Å². The van der Waals surface area contributed by atoms with Gasteiger partial charge in [-0.1, -0.05) is 29.5 Å². The molecule has 0 radical (unpaired) electrons. The predicted molar refractivity (Wildman–Crippen MR) is 104 cm³/mol. The fraction of sp³-hybridized carbons (Fsp3) is 0.526. The molecule has 1 aromatic carbocycles. The minimum absolute atomic E-state index is 0.177. The van der Waals surface area contributed by atoms with Crippen LogP contribution in [0.1, 0.15) is 30.7 Å². The summed E-state index contributed by atoms with van der Waals surface area (Å²) in [4.78, 5) is 11.1. The molecule has 1 aromatic heterocycles. The van der Waals surface area contributed by atoms with Crippen molar-refractivity contribution in [2.24, 2.45) is 5.73 Å². The maximum atomic E-state index is 11.1. The van der Waals surface area contributed by atoms with E-state index >= 15 is 0 Å². The van der Waals surface area contributed by atoms with Crippen molar-refractivity contribution in [1.82, 2.24) is 14.8 Å². The van der Waals surface area contributed by atoms with Gasteiger partial charge < -0.3 is 19.8 Å². The number of benzene rings is 1. The summed E-state index contributed by atoms with van der Waals surface area (Å²) >= 11 is 1.60. The number of carbonyl (C=O) groups is 1. The maximum absolute atomic E-state index is 11.1. The number of nitrogens with two attached hydrogens (primary N) is 1. The normalized spacial score (nSPS) is 16.6. The van der Waals surface area contributed by atoms with Crippen molar-refractivity contribution in [3.8, 4) is 5.75 Å². The highest BCUT2D eigenvalue weighted by Crippen LogP contribution is 2.22. The van der Waals surface area contributed by atoms with Crippen molar-refractivity contribution >= 4 is 17.7 Å². The van der Waals surface area contributed by atoms with Gasteiger partial charge in [0.05, 0.1) is 19.3 Å². The zero-order valence-electron chi connectivity index (χ0n) is 15.6. The number of aryl methyl sites for hydroxylation is 2. The van der Waals surface area contributed by atoms with Crippen LogP contribution in [-0.2, 0) is 22.5 Å². The lowest BCUT2D eigenvalue weighted by Crippen LogP contribution is -2.19. The van der Waals surface area contributed by atoms with Crippen LogP contribution < -0.4 is 10.5 Å². The standard InChI is InChI=1S/C19H26N4O3S/c1-14-4-6-15(7-5-14)26-11-12-27-19-22-21-18(9-8-17(20)24)23(19)13-16-3-2-10-25-16/h4-7,16H,2-3,8-13H2,1H3,(H2,20,24). The van der Waals surface area contributed by atoms with Gasteiger partial charge in [-0.15, -0.1) is 10.2 Å². The SMILES string of the molecule is Cc1ccc(OCCSc2nnc(CCC(N)=O)n2CC2CCCO2)cc1. The minimum Gasteiger partial charge on any atom is -0.493 e. The summed E-state index contributed by atoms with van der Waals surface area (Å²) in [5.74, 6) is 2.07. The van der Waals surface area contributed by atoms with E-state index in [4.69, 9.17) is 15.2 Å². The van der Waals surface area contributed by atoms with Gasteiger partial charge in [-0.3, -0.25) is 4.79 Å². The Labute approximate surface area is 163 Å². The smallest absolute Gasteiger partial charge is 0.217 e. The van der Waals surface area contributed by atoms with Crippen LogP contribution in [0.3, 0.4) is 0 Å². The second-order valence-electron chi connectivity index (χ2n) is 6.62. The maximum Gasteiger partial charge on any atom is 0.217 e. The fourth-order valence-electron chi connectivity index (χ4n) is 2.95. The summed E-state index contributed by atoms with van der Waals surface area (Å²) in [6, 6.07) is 8.02. The number of ether oxygens (including phenoxy) is 2. The molecule has 1 aliphatic rings. The molecule has 1 aliphatic heterocycles. The van der Waals surface area contributed by atoms with E-state index in [1.807, 2.05) is 24.3 Å². The molecule has 1 saturated heterocycles. The third-order valence-corrected chi connectivity index (χ3v) is 5.33. The summed E-state index contributed by atoms with van der Waals surface area (Å²) in [6.07, 6.45) is 3.06. The van der Waals surface area contributed by atoms with E-state index in [0.717, 1.165) is 41.9 Å². The van der Waals surface area contributed by atoms with Gasteiger partial charge >= 0.3 is 0 Å². The lowest BCUT2D eigenvalue weighted by Gasteiger charge is -2.14. The number of aromatic nitrogens is 3. The van der Waals surface area contributed by atoms with E-state index in [1.54, 1.807) is 11.8 Å². The molecule has 146 valence electrons. The zero-order valence-corrected chi connectivity index (χ0v) is 16.4. The van der Waals surface area contributed by atoms with Crippen LogP contribution in [0.15, 0.2) is 29.4 Å². The van der Waals surface area contributed by atoms with Gasteiger partial charge in [0.15, 0.2) is 5.16 Å². The summed E-state index contributed by atoms with van der Waals surface area (Å²) in [6.45, 7) is 4.14. The van der Waals surface area contributed by atoms with E-state index in [9.17, 15) is 4.79 Å². The Morgan fingerprint density at radius 2 is 2.19 bits per heavy atom. The van der Waals surface area contributed by atoms with Gasteiger partial charge in [0.1, 0.15) is 11.6 Å². The highest BCUT2D eigenvalue weighted by molar-refractivity contribution is 7.99. The van der Waals surface area contributed by atoms with Gasteiger partial charge in [-0.05, 0) is 31.9 Å². The molecular weight excluding hydrogens is 364 g/mol. The van der Waals surface area contributed by atoms with E-state index in [2.05, 4.69) is 21.7 Å². The average molecular weight is 391 g/mol. The molecule has 8 heteroatoms. The lowest BCUT2D eigenvalue weighted by atomic mass is 10.2. The molecule has 27 heavy (non-hydrogen) atoms. The molecule has 2 aromatic rings. The van der Waals surface area contributed by atoms with Crippen LogP contribution in [-0.4, -0.2) is 45.7 Å². The first-order chi connectivity index (χ1) is 13.1. The Morgan fingerprint density at radius 3 is 2.89 bits per heavy atom. The molecule has 3 rings (SSSR count). The van der Waals surface area contributed by atoms with Crippen molar-refractivity contribution in [3.05, 3.63) is 35.7 Å². The third kappa shape index (κ3) is 5.97. The molecule has 1 atom stereocenters. The Balaban J connectivity index is 1.57. The highest BCUT2D eigenvalue weighted by atomic mass is 32.2. The third-order valence-electron chi connectivity index (χ3n) is 4.40. The monoisotopic (exact) mass is 390 g/mol. The Bertz CT molecular complexity index is 742. The number of rotatable bonds is 10. The van der Waals surface area contributed by atoms with Crippen LogP contribution in [0, 0.1) is 6.92 Å². The first kappa shape index (κ1) is 19.7. The topological polar surface area (TPSA) is 92.3 Å². The molecule has 1 fully saturated rings. The van der Waals surface area contributed by atoms with Crippen molar-refractivity contribution < 1.29 is 14.3 Å². The van der Waals surface area contributed by atoms with Crippen molar-refractivity contribution in [2.45, 2.75) is 50.4 Å². The number of carbonyl (C=O) groups excluding carboxylic acids is 1. The predicted octanol–water partition coefficient (Wildman–Crippen LogP) is 2.35. The summed E-state index contributed by atoms with van der Waals surface area (Å²) in [7, 11) is 0. The van der Waals surface area contributed by atoms with Gasteiger partial charge in [-0.25, -0.2) is 0 Å². The van der Waals surface area contributed by atoms with Crippen LogP contribution >= 0.6 is 11.8 Å². The van der Waals surface area contributed by atoms with Gasteiger partial charge in [0.2, 0.25) is 5.91 Å². The van der Waals surface area contributed by atoms with Crippen molar-refractivity contribution in [3.63, 3.8) is 0 Å². The molecular formula is C19H26N4O3S. The summed E-state index contributed by atoms with van der Waals surface area (Å²) in [5.41, 5.74) is 6.49. The number of hydrogen-bond acceptors (Lipinski definition) is 6. The molecule has 0 aliphatic carbocycles. The van der Waals surface area contributed by atoms with Crippen LogP contribution in [0.2, 0.25) is 0 Å². The van der Waals surface area contributed by atoms with Crippen molar-refractivity contribution in [1.29, 1.82) is 0 Å². The Hall–Kier alpha value is -2.06. The van der Waals surface area contributed by atoms with E-state index in [0.29, 0.717) is 19.6 Å². The number of thioether (sulfide) groups is 1. The van der Waals surface area contributed by atoms with Gasteiger partial charge in [0, 0.05) is 25.2 Å². The zero-order chi connectivity index (χ0) is 19.1. The average Bonchev–Trinajstić information content (AvgIpc) is 3.29. The fourth-order valence-corrected chi connectivity index (χ4v) is 3.73. The highest BCUT2D eigenvalue weighted by Gasteiger charge is 2.21. The van der Waals surface area contributed by atoms with E-state index < -0.39 is 0 Å². The molecule has 7 nitrogen and oxygen atoms in total. The van der Waals surface area contributed by atoms with Crippen LogP contribution in [0.5, 0.6) is 5.75 Å². The first-order valence-electron chi connectivity index (χ1n) is 9.26. The molecule has 1 amide bonds. The number of hydrogen-bond donors (Lipinski definition) is 1. The van der Waals surface area contributed by atoms with Gasteiger partial charge in [-0.2, -0.15) is 0 Å². The van der Waals surface area contributed by atoms with Crippen LogP contribution in [0.4, 0.5) is 0 Å². The molecule has 0 saturated carbocycles. The first-order valence-corrected chi connectivity index (χ1v) is 10.2. The van der Waals surface area contributed by atoms with Gasteiger partial charge in [0.25, 0.3) is 0 Å². The lowest BCUT2D eigenvalue weighted by molar-refractivity contribution is -0.118. The second-order valence-corrected chi connectivity index (χ2v) is 7.68.